The number of nitrogens with zero attached hydrogens (tertiary/aromatic N) is 1. The zero-order valence-corrected chi connectivity index (χ0v) is 12.8. The van der Waals surface area contributed by atoms with E-state index < -0.39 is 0 Å². The first kappa shape index (κ1) is 14.2. The topological polar surface area (TPSA) is 31.2 Å². The van der Waals surface area contributed by atoms with E-state index in [1.165, 1.54) is 31.2 Å². The molecule has 21 heavy (non-hydrogen) atoms. The SMILES string of the molecule is COC(=O)c1cc2c(n1Cc1ccc(Cl)cc1)CCCC2. The number of benzene rings is 1. The van der Waals surface area contributed by atoms with E-state index in [1.807, 2.05) is 30.3 Å². The van der Waals surface area contributed by atoms with Gasteiger partial charge in [-0.15, -0.1) is 0 Å². The predicted molar refractivity (Wildman–Crippen MR) is 83.0 cm³/mol. The highest BCUT2D eigenvalue weighted by Gasteiger charge is 2.22. The summed E-state index contributed by atoms with van der Waals surface area (Å²) < 4.78 is 7.03. The zero-order valence-electron chi connectivity index (χ0n) is 12.1. The molecule has 2 aromatic rings. The van der Waals surface area contributed by atoms with Crippen molar-refractivity contribution in [3.05, 3.63) is 57.9 Å². The fourth-order valence-corrected chi connectivity index (χ4v) is 3.12. The number of fused-ring (bicyclic) bond motifs is 1. The number of ether oxygens (including phenoxy) is 1. The molecule has 4 heteroatoms. The van der Waals surface area contributed by atoms with Gasteiger partial charge in [-0.3, -0.25) is 0 Å². The number of rotatable bonds is 3. The van der Waals surface area contributed by atoms with E-state index >= 15 is 0 Å². The van der Waals surface area contributed by atoms with Gasteiger partial charge in [0.05, 0.1) is 7.11 Å². The van der Waals surface area contributed by atoms with Crippen molar-refractivity contribution in [3.63, 3.8) is 0 Å². The summed E-state index contributed by atoms with van der Waals surface area (Å²) >= 11 is 5.93. The van der Waals surface area contributed by atoms with Crippen LogP contribution in [0.3, 0.4) is 0 Å². The van der Waals surface area contributed by atoms with Gasteiger partial charge in [0.25, 0.3) is 0 Å². The molecule has 0 aliphatic heterocycles. The molecule has 0 fully saturated rings. The van der Waals surface area contributed by atoms with Gasteiger partial charge in [-0.1, -0.05) is 23.7 Å². The highest BCUT2D eigenvalue weighted by atomic mass is 35.5. The standard InChI is InChI=1S/C17H18ClNO2/c1-21-17(20)16-10-13-4-2-3-5-15(13)19(16)11-12-6-8-14(18)9-7-12/h6-10H,2-5,11H2,1H3. The van der Waals surface area contributed by atoms with Crippen LogP contribution in [0.2, 0.25) is 5.02 Å². The van der Waals surface area contributed by atoms with Crippen molar-refractivity contribution in [3.8, 4) is 0 Å². The molecule has 1 aromatic carbocycles. The molecule has 3 rings (SSSR count). The van der Waals surface area contributed by atoms with Crippen LogP contribution >= 0.6 is 11.6 Å². The second kappa shape index (κ2) is 5.94. The Morgan fingerprint density at radius 2 is 1.95 bits per heavy atom. The average Bonchev–Trinajstić information content (AvgIpc) is 2.88. The van der Waals surface area contributed by atoms with Gasteiger partial charge in [0.2, 0.25) is 0 Å². The smallest absolute Gasteiger partial charge is 0.354 e. The summed E-state index contributed by atoms with van der Waals surface area (Å²) in [7, 11) is 1.43. The predicted octanol–water partition coefficient (Wildman–Crippen LogP) is 3.86. The number of halogens is 1. The maximum atomic E-state index is 12.0. The van der Waals surface area contributed by atoms with Crippen molar-refractivity contribution < 1.29 is 9.53 Å². The fourth-order valence-electron chi connectivity index (χ4n) is 2.99. The maximum absolute atomic E-state index is 12.0. The number of esters is 1. The summed E-state index contributed by atoms with van der Waals surface area (Å²) in [6, 6.07) is 9.75. The second-order valence-electron chi connectivity index (χ2n) is 5.41. The van der Waals surface area contributed by atoms with Crippen molar-refractivity contribution in [2.75, 3.05) is 7.11 Å². The molecular weight excluding hydrogens is 286 g/mol. The van der Waals surface area contributed by atoms with Crippen molar-refractivity contribution >= 4 is 17.6 Å². The Morgan fingerprint density at radius 1 is 1.24 bits per heavy atom. The molecule has 0 bridgehead atoms. The number of hydrogen-bond acceptors (Lipinski definition) is 2. The van der Waals surface area contributed by atoms with Gasteiger partial charge in [0.15, 0.2) is 0 Å². The minimum atomic E-state index is -0.265. The number of hydrogen-bond donors (Lipinski definition) is 0. The first-order valence-electron chi connectivity index (χ1n) is 7.23. The van der Waals surface area contributed by atoms with Crippen molar-refractivity contribution in [2.24, 2.45) is 0 Å². The Morgan fingerprint density at radius 3 is 2.67 bits per heavy atom. The van der Waals surface area contributed by atoms with E-state index in [2.05, 4.69) is 4.57 Å². The third-order valence-corrected chi connectivity index (χ3v) is 4.31. The molecule has 0 spiro atoms. The third-order valence-electron chi connectivity index (χ3n) is 4.06. The number of aromatic nitrogens is 1. The number of methoxy groups -OCH3 is 1. The van der Waals surface area contributed by atoms with E-state index in [0.717, 1.165) is 23.4 Å². The van der Waals surface area contributed by atoms with E-state index in [9.17, 15) is 4.79 Å². The summed E-state index contributed by atoms with van der Waals surface area (Å²) in [5, 5.41) is 0.724. The molecule has 1 heterocycles. The second-order valence-corrected chi connectivity index (χ2v) is 5.85. The molecule has 0 atom stereocenters. The molecule has 1 aliphatic carbocycles. The van der Waals surface area contributed by atoms with E-state index in [-0.39, 0.29) is 5.97 Å². The normalized spacial score (nSPS) is 13.8. The van der Waals surface area contributed by atoms with Crippen LogP contribution in [0.1, 0.15) is 40.2 Å². The zero-order chi connectivity index (χ0) is 14.8. The Kier molecular flexibility index (Phi) is 4.02. The molecule has 0 saturated heterocycles. The molecule has 3 nitrogen and oxygen atoms in total. The van der Waals surface area contributed by atoms with Crippen LogP contribution < -0.4 is 0 Å². The van der Waals surface area contributed by atoms with Crippen molar-refractivity contribution in [2.45, 2.75) is 32.2 Å². The largest absolute Gasteiger partial charge is 0.464 e. The summed E-state index contributed by atoms with van der Waals surface area (Å²) in [5.41, 5.74) is 4.35. The maximum Gasteiger partial charge on any atom is 0.354 e. The third kappa shape index (κ3) is 2.84. The fraction of sp³-hybridized carbons (Fsp3) is 0.353. The molecule has 0 N–H and O–H groups in total. The highest BCUT2D eigenvalue weighted by Crippen LogP contribution is 2.26. The van der Waals surface area contributed by atoms with E-state index in [4.69, 9.17) is 16.3 Å². The Balaban J connectivity index is 2.00. The summed E-state index contributed by atoms with van der Waals surface area (Å²) in [6.45, 7) is 0.678. The van der Waals surface area contributed by atoms with Crippen LogP contribution in [0, 0.1) is 0 Å². The minimum absolute atomic E-state index is 0.265. The van der Waals surface area contributed by atoms with Crippen molar-refractivity contribution in [1.29, 1.82) is 0 Å². The molecule has 0 unspecified atom stereocenters. The molecule has 0 radical (unpaired) electrons. The van der Waals surface area contributed by atoms with Gasteiger partial charge in [-0.2, -0.15) is 0 Å². The first-order valence-corrected chi connectivity index (χ1v) is 7.61. The van der Waals surface area contributed by atoms with Gasteiger partial charge in [-0.05, 0) is 55.0 Å². The average molecular weight is 304 g/mol. The van der Waals surface area contributed by atoms with E-state index in [0.29, 0.717) is 12.2 Å². The lowest BCUT2D eigenvalue weighted by Crippen LogP contribution is -2.15. The number of aryl methyl sites for hydroxylation is 1. The number of carbonyl (C=O) groups excluding carboxylic acids is 1. The number of carbonyl (C=O) groups is 1. The van der Waals surface area contributed by atoms with Crippen LogP contribution in [-0.4, -0.2) is 17.6 Å². The van der Waals surface area contributed by atoms with Crippen LogP contribution in [-0.2, 0) is 24.1 Å². The van der Waals surface area contributed by atoms with Crippen LogP contribution in [0.4, 0.5) is 0 Å². The quantitative estimate of drug-likeness (QED) is 0.806. The van der Waals surface area contributed by atoms with Crippen LogP contribution in [0.15, 0.2) is 30.3 Å². The first-order chi connectivity index (χ1) is 10.2. The molecule has 1 aromatic heterocycles. The molecule has 0 saturated carbocycles. The Labute approximate surface area is 129 Å². The monoisotopic (exact) mass is 303 g/mol. The van der Waals surface area contributed by atoms with Crippen LogP contribution in [0.5, 0.6) is 0 Å². The van der Waals surface area contributed by atoms with Gasteiger partial charge in [-0.25, -0.2) is 4.79 Å². The highest BCUT2D eigenvalue weighted by molar-refractivity contribution is 6.30. The Bertz CT molecular complexity index is 658. The Hall–Kier alpha value is -1.74. The molecule has 110 valence electrons. The molecule has 0 amide bonds. The lowest BCUT2D eigenvalue weighted by molar-refractivity contribution is 0.0588. The van der Waals surface area contributed by atoms with Gasteiger partial charge in [0, 0.05) is 17.3 Å². The van der Waals surface area contributed by atoms with Gasteiger partial charge >= 0.3 is 5.97 Å². The summed E-state index contributed by atoms with van der Waals surface area (Å²) in [6.07, 6.45) is 4.45. The van der Waals surface area contributed by atoms with Gasteiger partial charge in [0.1, 0.15) is 5.69 Å². The van der Waals surface area contributed by atoms with E-state index in [1.54, 1.807) is 0 Å². The van der Waals surface area contributed by atoms with Crippen molar-refractivity contribution in [1.82, 2.24) is 4.57 Å². The van der Waals surface area contributed by atoms with Crippen LogP contribution in [0.25, 0.3) is 0 Å². The lowest BCUT2D eigenvalue weighted by atomic mass is 9.98. The summed E-state index contributed by atoms with van der Waals surface area (Å²) in [4.78, 5) is 12.0. The molecular formula is C17H18ClNO2. The summed E-state index contributed by atoms with van der Waals surface area (Å²) in [5.74, 6) is -0.265. The molecule has 1 aliphatic rings. The minimum Gasteiger partial charge on any atom is -0.464 e. The lowest BCUT2D eigenvalue weighted by Gasteiger charge is -2.17. The van der Waals surface area contributed by atoms with Gasteiger partial charge < -0.3 is 9.30 Å².